The van der Waals surface area contributed by atoms with Crippen molar-refractivity contribution >= 4 is 44.4 Å². The van der Waals surface area contributed by atoms with Gasteiger partial charge in [0.1, 0.15) is 0 Å². The van der Waals surface area contributed by atoms with Crippen LogP contribution in [0.1, 0.15) is 29.5 Å². The number of thioether (sulfide) groups is 1. The molecule has 1 aliphatic heterocycles. The van der Waals surface area contributed by atoms with Gasteiger partial charge in [0.25, 0.3) is 0 Å². The first-order valence-corrected chi connectivity index (χ1v) is 12.4. The number of amides is 1. The van der Waals surface area contributed by atoms with Gasteiger partial charge in [0.2, 0.25) is 5.91 Å². The Balaban J connectivity index is 1.25. The van der Waals surface area contributed by atoms with E-state index in [-0.39, 0.29) is 5.91 Å². The minimum absolute atomic E-state index is 0.287. The highest BCUT2D eigenvalue weighted by Gasteiger charge is 2.23. The SMILES string of the molecule is Cc1ccc(SCCCC(=O)N2CCN(c3nc4c(C)ccc(C)c4s3)CC2)cc1. The van der Waals surface area contributed by atoms with E-state index in [1.807, 2.05) is 16.7 Å². The average molecular weight is 440 g/mol. The molecule has 30 heavy (non-hydrogen) atoms. The Morgan fingerprint density at radius 1 is 1.00 bits per heavy atom. The number of carbonyl (C=O) groups excluding carboxylic acids is 1. The molecule has 0 saturated carbocycles. The topological polar surface area (TPSA) is 36.4 Å². The molecule has 0 radical (unpaired) electrons. The summed E-state index contributed by atoms with van der Waals surface area (Å²) in [6.45, 7) is 9.68. The Labute approximate surface area is 187 Å². The third-order valence-corrected chi connectivity index (χ3v) is 8.01. The van der Waals surface area contributed by atoms with Gasteiger partial charge in [-0.2, -0.15) is 0 Å². The summed E-state index contributed by atoms with van der Waals surface area (Å²) in [4.78, 5) is 23.2. The zero-order chi connectivity index (χ0) is 21.1. The number of rotatable bonds is 6. The molecular weight excluding hydrogens is 410 g/mol. The lowest BCUT2D eigenvalue weighted by atomic mass is 10.1. The summed E-state index contributed by atoms with van der Waals surface area (Å²) in [5.74, 6) is 1.27. The summed E-state index contributed by atoms with van der Waals surface area (Å²) < 4.78 is 1.29. The van der Waals surface area contributed by atoms with Crippen LogP contribution in [-0.4, -0.2) is 47.7 Å². The fourth-order valence-corrected chi connectivity index (χ4v) is 5.75. The zero-order valence-corrected chi connectivity index (χ0v) is 19.6. The van der Waals surface area contributed by atoms with Gasteiger partial charge in [0, 0.05) is 37.5 Å². The predicted molar refractivity (Wildman–Crippen MR) is 129 cm³/mol. The van der Waals surface area contributed by atoms with Gasteiger partial charge in [0.15, 0.2) is 5.13 Å². The van der Waals surface area contributed by atoms with Crippen molar-refractivity contribution in [2.75, 3.05) is 36.8 Å². The number of carbonyl (C=O) groups is 1. The van der Waals surface area contributed by atoms with Gasteiger partial charge in [-0.15, -0.1) is 11.8 Å². The Bertz CT molecular complexity index is 982. The van der Waals surface area contributed by atoms with Gasteiger partial charge >= 0.3 is 0 Å². The molecule has 1 amide bonds. The number of hydrogen-bond donors (Lipinski definition) is 0. The van der Waals surface area contributed by atoms with Gasteiger partial charge in [-0.25, -0.2) is 4.98 Å². The molecule has 0 spiro atoms. The van der Waals surface area contributed by atoms with E-state index in [0.717, 1.165) is 49.0 Å². The highest BCUT2D eigenvalue weighted by molar-refractivity contribution is 7.99. The first-order chi connectivity index (χ1) is 14.5. The van der Waals surface area contributed by atoms with E-state index < -0.39 is 0 Å². The fraction of sp³-hybridized carbons (Fsp3) is 0.417. The van der Waals surface area contributed by atoms with Crippen LogP contribution >= 0.6 is 23.1 Å². The molecule has 0 bridgehead atoms. The van der Waals surface area contributed by atoms with Crippen molar-refractivity contribution in [2.45, 2.75) is 38.5 Å². The Hall–Kier alpha value is -2.05. The van der Waals surface area contributed by atoms with Gasteiger partial charge in [-0.05, 0) is 56.2 Å². The first-order valence-electron chi connectivity index (χ1n) is 10.6. The van der Waals surface area contributed by atoms with Crippen molar-refractivity contribution < 1.29 is 4.79 Å². The van der Waals surface area contributed by atoms with Crippen molar-refractivity contribution in [1.82, 2.24) is 9.88 Å². The average Bonchev–Trinajstić information content (AvgIpc) is 3.22. The van der Waals surface area contributed by atoms with Crippen molar-refractivity contribution in [2.24, 2.45) is 0 Å². The van der Waals surface area contributed by atoms with Crippen molar-refractivity contribution in [3.8, 4) is 0 Å². The molecule has 0 atom stereocenters. The van der Waals surface area contributed by atoms with Gasteiger partial charge in [0.05, 0.1) is 10.2 Å². The molecule has 1 saturated heterocycles. The minimum Gasteiger partial charge on any atom is -0.345 e. The summed E-state index contributed by atoms with van der Waals surface area (Å²) >= 11 is 3.61. The van der Waals surface area contributed by atoms with Crippen LogP contribution in [0.2, 0.25) is 0 Å². The number of hydrogen-bond acceptors (Lipinski definition) is 5. The van der Waals surface area contributed by atoms with Crippen LogP contribution in [0, 0.1) is 20.8 Å². The van der Waals surface area contributed by atoms with E-state index in [1.54, 1.807) is 11.3 Å². The number of benzene rings is 2. The van der Waals surface area contributed by atoms with Crippen molar-refractivity contribution in [3.05, 3.63) is 53.1 Å². The van der Waals surface area contributed by atoms with E-state index >= 15 is 0 Å². The lowest BCUT2D eigenvalue weighted by molar-refractivity contribution is -0.131. The van der Waals surface area contributed by atoms with Crippen LogP contribution in [0.4, 0.5) is 5.13 Å². The Kier molecular flexibility index (Phi) is 6.64. The molecular formula is C24H29N3OS2. The highest BCUT2D eigenvalue weighted by Crippen LogP contribution is 2.33. The number of aromatic nitrogens is 1. The summed E-state index contributed by atoms with van der Waals surface area (Å²) in [5, 5.41) is 1.09. The second-order valence-corrected chi connectivity index (χ2v) is 10.2. The molecule has 2 aromatic carbocycles. The quantitative estimate of drug-likeness (QED) is 0.378. The molecule has 4 nitrogen and oxygen atoms in total. The zero-order valence-electron chi connectivity index (χ0n) is 18.0. The van der Waals surface area contributed by atoms with Gasteiger partial charge < -0.3 is 9.80 Å². The van der Waals surface area contributed by atoms with Crippen LogP contribution in [0.5, 0.6) is 0 Å². The molecule has 0 aliphatic carbocycles. The normalized spacial score (nSPS) is 14.5. The Morgan fingerprint density at radius 2 is 1.70 bits per heavy atom. The van der Waals surface area contributed by atoms with Crippen molar-refractivity contribution in [3.63, 3.8) is 0 Å². The maximum atomic E-state index is 12.6. The standard InChI is InChI=1S/C24H29N3OS2/c1-17-6-10-20(11-7-17)29-16-4-5-21(28)26-12-14-27(15-13-26)24-25-22-18(2)8-9-19(3)23(22)30-24/h6-11H,4-5,12-16H2,1-3H3. The fourth-order valence-electron chi connectivity index (χ4n) is 3.74. The third kappa shape index (κ3) is 4.81. The molecule has 1 aliphatic rings. The maximum absolute atomic E-state index is 12.6. The predicted octanol–water partition coefficient (Wildman–Crippen LogP) is 5.44. The van der Waals surface area contributed by atoms with Crippen LogP contribution in [0.3, 0.4) is 0 Å². The number of aryl methyl sites for hydroxylation is 3. The van der Waals surface area contributed by atoms with Gasteiger partial charge in [-0.3, -0.25) is 4.79 Å². The number of nitrogens with zero attached hydrogens (tertiary/aromatic N) is 3. The van der Waals surface area contributed by atoms with Crippen LogP contribution < -0.4 is 4.90 Å². The lowest BCUT2D eigenvalue weighted by Gasteiger charge is -2.34. The number of piperazine rings is 1. The Morgan fingerprint density at radius 3 is 2.40 bits per heavy atom. The molecule has 0 unspecified atom stereocenters. The van der Waals surface area contributed by atoms with Crippen LogP contribution in [-0.2, 0) is 4.79 Å². The number of thiazole rings is 1. The second kappa shape index (κ2) is 9.40. The highest BCUT2D eigenvalue weighted by atomic mass is 32.2. The van der Waals surface area contributed by atoms with E-state index in [4.69, 9.17) is 4.98 Å². The summed E-state index contributed by atoms with van der Waals surface area (Å²) in [7, 11) is 0. The monoisotopic (exact) mass is 439 g/mol. The third-order valence-electron chi connectivity index (χ3n) is 5.66. The molecule has 3 aromatic rings. The molecule has 158 valence electrons. The summed E-state index contributed by atoms with van der Waals surface area (Å²) in [6.07, 6.45) is 1.56. The first kappa shape index (κ1) is 21.2. The lowest BCUT2D eigenvalue weighted by Crippen LogP contribution is -2.48. The maximum Gasteiger partial charge on any atom is 0.222 e. The van der Waals surface area contributed by atoms with E-state index in [9.17, 15) is 4.79 Å². The molecule has 6 heteroatoms. The van der Waals surface area contributed by atoms with Crippen LogP contribution in [0.15, 0.2) is 41.3 Å². The largest absolute Gasteiger partial charge is 0.345 e. The molecule has 1 aromatic heterocycles. The number of anilines is 1. The molecule has 4 rings (SSSR count). The van der Waals surface area contributed by atoms with Crippen LogP contribution in [0.25, 0.3) is 10.2 Å². The molecule has 2 heterocycles. The van der Waals surface area contributed by atoms with Gasteiger partial charge in [-0.1, -0.05) is 41.2 Å². The van der Waals surface area contributed by atoms with E-state index in [0.29, 0.717) is 6.42 Å². The number of fused-ring (bicyclic) bond motifs is 1. The van der Waals surface area contributed by atoms with E-state index in [2.05, 4.69) is 62.1 Å². The van der Waals surface area contributed by atoms with Crippen molar-refractivity contribution in [1.29, 1.82) is 0 Å². The smallest absolute Gasteiger partial charge is 0.222 e. The minimum atomic E-state index is 0.287. The molecule has 1 fully saturated rings. The molecule has 0 N–H and O–H groups in total. The second-order valence-electron chi connectivity index (χ2n) is 8.01. The van der Waals surface area contributed by atoms with E-state index in [1.165, 1.54) is 26.3 Å². The summed E-state index contributed by atoms with van der Waals surface area (Å²) in [5.41, 5.74) is 4.93. The summed E-state index contributed by atoms with van der Waals surface area (Å²) in [6, 6.07) is 12.9.